The van der Waals surface area contributed by atoms with E-state index in [9.17, 15) is 4.79 Å². The number of carbonyl (C=O) groups excluding carboxylic acids is 1. The molecule has 9 heteroatoms. The summed E-state index contributed by atoms with van der Waals surface area (Å²) in [5, 5.41) is 2.57. The molecule has 4 N–H and O–H groups in total. The van der Waals surface area contributed by atoms with Crippen molar-refractivity contribution < 1.29 is 9.53 Å². The number of imidazole rings is 1. The lowest BCUT2D eigenvalue weighted by Crippen LogP contribution is -2.29. The van der Waals surface area contributed by atoms with Crippen LogP contribution in [0.2, 0.25) is 0 Å². The molecule has 0 atom stereocenters. The summed E-state index contributed by atoms with van der Waals surface area (Å²) in [4.78, 5) is 26.0. The first-order valence-corrected chi connectivity index (χ1v) is 6.15. The molecule has 0 aliphatic carbocycles. The van der Waals surface area contributed by atoms with Crippen LogP contribution in [0.4, 0.5) is 10.6 Å². The largest absolute Gasteiger partial charge is 0.414 e. The van der Waals surface area contributed by atoms with Gasteiger partial charge in [-0.2, -0.15) is 0 Å². The van der Waals surface area contributed by atoms with E-state index in [1.807, 2.05) is 0 Å². The number of aromatic nitrogens is 4. The summed E-state index contributed by atoms with van der Waals surface area (Å²) in [6, 6.07) is 0. The van der Waals surface area contributed by atoms with Crippen LogP contribution in [0.1, 0.15) is 5.69 Å². The number of ether oxygens (including phenoxy) is 1. The van der Waals surface area contributed by atoms with E-state index < -0.39 is 6.09 Å². The van der Waals surface area contributed by atoms with Gasteiger partial charge in [0, 0.05) is 24.9 Å². The Bertz CT molecular complexity index is 559. The first-order valence-electron chi connectivity index (χ1n) is 5.36. The molecule has 1 amide bonds. The van der Waals surface area contributed by atoms with E-state index in [2.05, 4.69) is 41.2 Å². The van der Waals surface area contributed by atoms with Gasteiger partial charge in [-0.05, 0) is 15.9 Å². The number of hydrogen-bond donors (Lipinski definition) is 3. The van der Waals surface area contributed by atoms with Crippen molar-refractivity contribution in [1.82, 2.24) is 25.3 Å². The molecule has 19 heavy (non-hydrogen) atoms. The fourth-order valence-corrected chi connectivity index (χ4v) is 1.54. The molecule has 2 rings (SSSR count). The summed E-state index contributed by atoms with van der Waals surface area (Å²) < 4.78 is 5.37. The normalized spacial score (nSPS) is 10.2. The summed E-state index contributed by atoms with van der Waals surface area (Å²) >= 11 is 3.11. The Balaban J connectivity index is 1.82. The zero-order valence-corrected chi connectivity index (χ0v) is 11.3. The highest BCUT2D eigenvalue weighted by Gasteiger charge is 2.10. The van der Waals surface area contributed by atoms with Gasteiger partial charge in [0.15, 0.2) is 5.82 Å². The average molecular weight is 327 g/mol. The predicted octanol–water partition coefficient (Wildman–Crippen LogP) is 0.876. The van der Waals surface area contributed by atoms with Crippen molar-refractivity contribution in [1.29, 1.82) is 0 Å². The van der Waals surface area contributed by atoms with Crippen LogP contribution < -0.4 is 15.8 Å². The van der Waals surface area contributed by atoms with Crippen molar-refractivity contribution in [3.63, 3.8) is 0 Å². The summed E-state index contributed by atoms with van der Waals surface area (Å²) in [5.74, 6) is 0.0142. The molecule has 0 saturated heterocycles. The zero-order chi connectivity index (χ0) is 13.7. The average Bonchev–Trinajstić information content (AvgIpc) is 2.87. The van der Waals surface area contributed by atoms with Gasteiger partial charge in [0.1, 0.15) is 4.60 Å². The van der Waals surface area contributed by atoms with Crippen molar-refractivity contribution in [2.45, 2.75) is 6.42 Å². The van der Waals surface area contributed by atoms with Crippen LogP contribution in [0.15, 0.2) is 23.3 Å². The quantitative estimate of drug-likeness (QED) is 0.767. The van der Waals surface area contributed by atoms with Crippen LogP contribution in [-0.2, 0) is 6.42 Å². The van der Waals surface area contributed by atoms with Crippen LogP contribution in [0.25, 0.3) is 0 Å². The number of rotatable bonds is 4. The number of amides is 1. The lowest BCUT2D eigenvalue weighted by Gasteiger charge is -2.06. The third-order valence-electron chi connectivity index (χ3n) is 2.15. The van der Waals surface area contributed by atoms with E-state index in [0.717, 1.165) is 5.69 Å². The monoisotopic (exact) mass is 326 g/mol. The second kappa shape index (κ2) is 6.14. The van der Waals surface area contributed by atoms with Crippen LogP contribution in [0, 0.1) is 0 Å². The van der Waals surface area contributed by atoms with Crippen LogP contribution in [-0.4, -0.2) is 32.6 Å². The Morgan fingerprint density at radius 3 is 3.11 bits per heavy atom. The van der Waals surface area contributed by atoms with E-state index in [1.54, 1.807) is 12.5 Å². The van der Waals surface area contributed by atoms with E-state index in [1.165, 1.54) is 6.20 Å². The lowest BCUT2D eigenvalue weighted by molar-refractivity contribution is 0.199. The molecule has 2 aromatic rings. The zero-order valence-electron chi connectivity index (χ0n) is 9.76. The Kier molecular flexibility index (Phi) is 4.29. The van der Waals surface area contributed by atoms with Crippen LogP contribution in [0.3, 0.4) is 0 Å². The standard InChI is InChI=1S/C10H11BrN6O2/c11-7-4-15-8(12)9(17-7)19-10(18)14-2-1-6-3-13-5-16-6/h3-5H,1-2H2,(H2,12,15)(H,13,16)(H,14,18). The smallest absolute Gasteiger partial charge is 0.387 e. The SMILES string of the molecule is Nc1ncc(Br)nc1OC(=O)NCCc1cnc[nH]1. The van der Waals surface area contributed by atoms with Crippen LogP contribution in [0.5, 0.6) is 5.88 Å². The molecular weight excluding hydrogens is 316 g/mol. The second-order valence-electron chi connectivity index (χ2n) is 3.53. The number of hydrogen-bond acceptors (Lipinski definition) is 6. The minimum Gasteiger partial charge on any atom is -0.387 e. The van der Waals surface area contributed by atoms with Gasteiger partial charge in [-0.25, -0.2) is 19.7 Å². The molecular formula is C10H11BrN6O2. The molecule has 8 nitrogen and oxygen atoms in total. The minimum absolute atomic E-state index is 0.0339. The predicted molar refractivity (Wildman–Crippen MR) is 70.5 cm³/mol. The maximum atomic E-state index is 11.5. The van der Waals surface area contributed by atoms with Gasteiger partial charge in [-0.1, -0.05) is 0 Å². The van der Waals surface area contributed by atoms with Gasteiger partial charge >= 0.3 is 6.09 Å². The number of nitrogen functional groups attached to an aromatic ring is 1. The molecule has 0 unspecified atom stereocenters. The van der Waals surface area contributed by atoms with Crippen molar-refractivity contribution in [2.75, 3.05) is 12.3 Å². The van der Waals surface area contributed by atoms with Crippen LogP contribution >= 0.6 is 15.9 Å². The number of nitrogens with zero attached hydrogens (tertiary/aromatic N) is 3. The van der Waals surface area contributed by atoms with Gasteiger partial charge in [-0.15, -0.1) is 0 Å². The molecule has 0 saturated carbocycles. The molecule has 100 valence electrons. The van der Waals surface area contributed by atoms with Gasteiger partial charge in [0.05, 0.1) is 12.5 Å². The summed E-state index contributed by atoms with van der Waals surface area (Å²) in [6.07, 6.45) is 4.65. The number of H-pyrrole nitrogens is 1. The maximum Gasteiger partial charge on any atom is 0.414 e. The molecule has 2 aromatic heterocycles. The lowest BCUT2D eigenvalue weighted by atomic mass is 10.3. The molecule has 0 aromatic carbocycles. The molecule has 0 aliphatic heterocycles. The van der Waals surface area contributed by atoms with Crippen molar-refractivity contribution >= 4 is 27.8 Å². The highest BCUT2D eigenvalue weighted by Crippen LogP contribution is 2.17. The fraction of sp³-hybridized carbons (Fsp3) is 0.200. The third-order valence-corrected chi connectivity index (χ3v) is 2.53. The molecule has 0 spiro atoms. The van der Waals surface area contributed by atoms with Crippen molar-refractivity contribution in [2.24, 2.45) is 0 Å². The Hall–Kier alpha value is -2.16. The number of anilines is 1. The topological polar surface area (TPSA) is 119 Å². The number of nitrogens with two attached hydrogens (primary N) is 1. The first kappa shape index (κ1) is 13.3. The molecule has 0 radical (unpaired) electrons. The summed E-state index contributed by atoms with van der Waals surface area (Å²) in [6.45, 7) is 0.405. The highest BCUT2D eigenvalue weighted by atomic mass is 79.9. The van der Waals surface area contributed by atoms with E-state index in [0.29, 0.717) is 17.6 Å². The second-order valence-corrected chi connectivity index (χ2v) is 4.34. The molecule has 2 heterocycles. The molecule has 0 fully saturated rings. The van der Waals surface area contributed by atoms with E-state index in [-0.39, 0.29) is 11.7 Å². The van der Waals surface area contributed by atoms with E-state index >= 15 is 0 Å². The number of halogens is 1. The highest BCUT2D eigenvalue weighted by molar-refractivity contribution is 9.10. The first-order chi connectivity index (χ1) is 9.15. The third kappa shape index (κ3) is 3.91. The van der Waals surface area contributed by atoms with Gasteiger partial charge in [0.25, 0.3) is 5.88 Å². The summed E-state index contributed by atoms with van der Waals surface area (Å²) in [5.41, 5.74) is 6.45. The Morgan fingerprint density at radius 1 is 1.53 bits per heavy atom. The Labute approximate surface area is 116 Å². The van der Waals surface area contributed by atoms with E-state index in [4.69, 9.17) is 10.5 Å². The molecule has 0 aliphatic rings. The summed E-state index contributed by atoms with van der Waals surface area (Å²) in [7, 11) is 0. The number of aromatic amines is 1. The minimum atomic E-state index is -0.640. The maximum absolute atomic E-state index is 11.5. The van der Waals surface area contributed by atoms with Gasteiger partial charge in [0.2, 0.25) is 0 Å². The fourth-order valence-electron chi connectivity index (χ4n) is 1.28. The van der Waals surface area contributed by atoms with Gasteiger partial charge in [-0.3, -0.25) is 0 Å². The van der Waals surface area contributed by atoms with Crippen molar-refractivity contribution in [3.05, 3.63) is 29.0 Å². The number of nitrogens with one attached hydrogen (secondary N) is 2. The van der Waals surface area contributed by atoms with Crippen molar-refractivity contribution in [3.8, 4) is 5.88 Å². The Morgan fingerprint density at radius 2 is 2.37 bits per heavy atom. The van der Waals surface area contributed by atoms with Gasteiger partial charge < -0.3 is 20.8 Å². The molecule has 0 bridgehead atoms. The number of carbonyl (C=O) groups is 1.